The molecule has 1 saturated carbocycles. The minimum Gasteiger partial charge on any atom is -0.351 e. The van der Waals surface area contributed by atoms with Crippen LogP contribution in [0.4, 0.5) is 5.69 Å². The highest BCUT2D eigenvalue weighted by molar-refractivity contribution is 6.15. The lowest BCUT2D eigenvalue weighted by Crippen LogP contribution is -2.70. The third-order valence-electron chi connectivity index (χ3n) is 6.29. The van der Waals surface area contributed by atoms with Gasteiger partial charge in [0.15, 0.2) is 11.3 Å². The van der Waals surface area contributed by atoms with Gasteiger partial charge in [0.25, 0.3) is 5.91 Å². The zero-order valence-corrected chi connectivity index (χ0v) is 17.8. The maximum atomic E-state index is 13.5. The second-order valence-electron chi connectivity index (χ2n) is 8.49. The van der Waals surface area contributed by atoms with E-state index in [1.807, 2.05) is 42.5 Å². The summed E-state index contributed by atoms with van der Waals surface area (Å²) in [5.41, 5.74) is 1.10. The molecular weight excluding hydrogens is 388 g/mol. The van der Waals surface area contributed by atoms with Gasteiger partial charge in [-0.25, -0.2) is 0 Å². The standard InChI is InChI=1S/C26H28N2O3/c1-19(29)21-12-14-23(15-13-21)28-24(30)18-26(28,17-16-20-8-4-2-5-9-20)25(31)27-22-10-6-3-7-11-22/h2,4-5,8-9,12-17,22H,3,6-7,10-11,18H2,1H3,(H,27,31). The molecule has 0 bridgehead atoms. The minimum absolute atomic E-state index is 0.0354. The first-order valence-electron chi connectivity index (χ1n) is 11.0. The Balaban J connectivity index is 1.66. The van der Waals surface area contributed by atoms with Gasteiger partial charge >= 0.3 is 0 Å². The van der Waals surface area contributed by atoms with E-state index >= 15 is 0 Å². The molecule has 1 atom stereocenters. The number of amides is 2. The molecule has 1 aliphatic heterocycles. The average Bonchev–Trinajstić information content (AvgIpc) is 2.78. The molecule has 2 aromatic rings. The molecular formula is C26H28N2O3. The second kappa shape index (κ2) is 8.88. The lowest BCUT2D eigenvalue weighted by atomic mass is 9.80. The van der Waals surface area contributed by atoms with E-state index in [2.05, 4.69) is 5.32 Å². The van der Waals surface area contributed by atoms with Crippen LogP contribution in [-0.2, 0) is 9.59 Å². The van der Waals surface area contributed by atoms with Crippen molar-refractivity contribution in [3.63, 3.8) is 0 Å². The molecule has 2 fully saturated rings. The van der Waals surface area contributed by atoms with Gasteiger partial charge in [-0.3, -0.25) is 19.3 Å². The number of benzene rings is 2. The van der Waals surface area contributed by atoms with Crippen molar-refractivity contribution < 1.29 is 14.4 Å². The number of ketones is 1. The maximum absolute atomic E-state index is 13.5. The second-order valence-corrected chi connectivity index (χ2v) is 8.49. The van der Waals surface area contributed by atoms with E-state index in [9.17, 15) is 14.4 Å². The number of Topliss-reactive ketones (excluding diaryl/α,β-unsaturated/α-hetero) is 1. The fourth-order valence-corrected chi connectivity index (χ4v) is 4.49. The van der Waals surface area contributed by atoms with Crippen LogP contribution in [0.2, 0.25) is 0 Å². The molecule has 0 aromatic heterocycles. The van der Waals surface area contributed by atoms with Crippen molar-refractivity contribution >= 4 is 29.4 Å². The Bertz CT molecular complexity index is 991. The Morgan fingerprint density at radius 1 is 1.00 bits per heavy atom. The number of hydrogen-bond donors (Lipinski definition) is 1. The number of carbonyl (C=O) groups is 3. The monoisotopic (exact) mass is 416 g/mol. The van der Waals surface area contributed by atoms with Crippen molar-refractivity contribution in [1.29, 1.82) is 0 Å². The molecule has 5 nitrogen and oxygen atoms in total. The Kier molecular flexibility index (Phi) is 6.03. The van der Waals surface area contributed by atoms with Gasteiger partial charge in [0, 0.05) is 17.3 Å². The number of nitrogens with zero attached hydrogens (tertiary/aromatic N) is 1. The van der Waals surface area contributed by atoms with Gasteiger partial charge in [-0.15, -0.1) is 0 Å². The quantitative estimate of drug-likeness (QED) is 0.556. The zero-order chi connectivity index (χ0) is 21.8. The van der Waals surface area contributed by atoms with Crippen molar-refractivity contribution in [2.75, 3.05) is 4.90 Å². The number of nitrogens with one attached hydrogen (secondary N) is 1. The third-order valence-corrected chi connectivity index (χ3v) is 6.29. The Morgan fingerprint density at radius 2 is 1.68 bits per heavy atom. The number of hydrogen-bond acceptors (Lipinski definition) is 3. The van der Waals surface area contributed by atoms with Crippen LogP contribution in [0.1, 0.15) is 61.4 Å². The smallest absolute Gasteiger partial charge is 0.251 e. The van der Waals surface area contributed by atoms with Crippen LogP contribution in [-0.4, -0.2) is 29.2 Å². The zero-order valence-electron chi connectivity index (χ0n) is 17.8. The van der Waals surface area contributed by atoms with Gasteiger partial charge in [0.05, 0.1) is 6.42 Å². The van der Waals surface area contributed by atoms with E-state index in [1.54, 1.807) is 29.2 Å². The molecule has 2 aromatic carbocycles. The molecule has 2 aliphatic rings. The van der Waals surface area contributed by atoms with Gasteiger partial charge in [0.1, 0.15) is 0 Å². The largest absolute Gasteiger partial charge is 0.351 e. The summed E-state index contributed by atoms with van der Waals surface area (Å²) in [5, 5.41) is 3.21. The third kappa shape index (κ3) is 4.31. The van der Waals surface area contributed by atoms with Crippen molar-refractivity contribution in [2.45, 2.75) is 57.0 Å². The molecule has 1 saturated heterocycles. The number of β-lactam (4-membered cyclic amide) rings is 1. The van der Waals surface area contributed by atoms with E-state index < -0.39 is 5.54 Å². The van der Waals surface area contributed by atoms with Crippen molar-refractivity contribution in [3.8, 4) is 0 Å². The molecule has 2 amide bonds. The lowest BCUT2D eigenvalue weighted by molar-refractivity contribution is -0.137. The first kappa shape index (κ1) is 21.0. The number of rotatable bonds is 6. The highest BCUT2D eigenvalue weighted by Gasteiger charge is 2.55. The fraction of sp³-hybridized carbons (Fsp3) is 0.346. The molecule has 5 heteroatoms. The summed E-state index contributed by atoms with van der Waals surface area (Å²) in [4.78, 5) is 39.4. The van der Waals surface area contributed by atoms with E-state index in [-0.39, 0.29) is 30.1 Å². The molecule has 1 heterocycles. The predicted octanol–water partition coefficient (Wildman–Crippen LogP) is 4.53. The van der Waals surface area contributed by atoms with Gasteiger partial charge in [-0.1, -0.05) is 55.7 Å². The van der Waals surface area contributed by atoms with Crippen molar-refractivity contribution in [1.82, 2.24) is 5.32 Å². The molecule has 160 valence electrons. The molecule has 1 aliphatic carbocycles. The molecule has 0 spiro atoms. The lowest BCUT2D eigenvalue weighted by Gasteiger charge is -2.49. The van der Waals surface area contributed by atoms with Crippen LogP contribution in [0.5, 0.6) is 0 Å². The summed E-state index contributed by atoms with van der Waals surface area (Å²) in [6.07, 6.45) is 9.28. The summed E-state index contributed by atoms with van der Waals surface area (Å²) in [7, 11) is 0. The normalized spacial score (nSPS) is 21.7. The molecule has 0 radical (unpaired) electrons. The average molecular weight is 417 g/mol. The summed E-state index contributed by atoms with van der Waals surface area (Å²) in [6, 6.07) is 16.8. The van der Waals surface area contributed by atoms with Gasteiger partial charge in [-0.05, 0) is 55.7 Å². The van der Waals surface area contributed by atoms with E-state index in [4.69, 9.17) is 0 Å². The highest BCUT2D eigenvalue weighted by atomic mass is 16.2. The first-order chi connectivity index (χ1) is 15.0. The van der Waals surface area contributed by atoms with Crippen LogP contribution in [0, 0.1) is 0 Å². The number of anilines is 1. The van der Waals surface area contributed by atoms with Crippen LogP contribution in [0.3, 0.4) is 0 Å². The number of carbonyl (C=O) groups excluding carboxylic acids is 3. The fourth-order valence-electron chi connectivity index (χ4n) is 4.49. The van der Waals surface area contributed by atoms with Gasteiger partial charge < -0.3 is 5.32 Å². The summed E-state index contributed by atoms with van der Waals surface area (Å²) in [6.45, 7) is 1.51. The molecule has 1 unspecified atom stereocenters. The maximum Gasteiger partial charge on any atom is 0.251 e. The van der Waals surface area contributed by atoms with E-state index in [1.165, 1.54) is 13.3 Å². The van der Waals surface area contributed by atoms with Crippen LogP contribution >= 0.6 is 0 Å². The van der Waals surface area contributed by atoms with Crippen LogP contribution in [0.15, 0.2) is 60.7 Å². The topological polar surface area (TPSA) is 66.5 Å². The van der Waals surface area contributed by atoms with Crippen molar-refractivity contribution in [3.05, 3.63) is 71.8 Å². The van der Waals surface area contributed by atoms with Crippen molar-refractivity contribution in [2.24, 2.45) is 0 Å². The minimum atomic E-state index is -1.07. The van der Waals surface area contributed by atoms with Crippen LogP contribution < -0.4 is 10.2 Å². The highest BCUT2D eigenvalue weighted by Crippen LogP contribution is 2.39. The Morgan fingerprint density at radius 3 is 2.29 bits per heavy atom. The predicted molar refractivity (Wildman–Crippen MR) is 122 cm³/mol. The van der Waals surface area contributed by atoms with E-state index in [0.717, 1.165) is 31.2 Å². The van der Waals surface area contributed by atoms with Gasteiger partial charge in [-0.2, -0.15) is 0 Å². The van der Waals surface area contributed by atoms with E-state index in [0.29, 0.717) is 11.3 Å². The Hall–Kier alpha value is -3.21. The molecule has 1 N–H and O–H groups in total. The summed E-state index contributed by atoms with van der Waals surface area (Å²) < 4.78 is 0. The SMILES string of the molecule is CC(=O)c1ccc(N2C(=O)CC2(C=Cc2ccccc2)C(=O)NC2CCCCC2)cc1. The van der Waals surface area contributed by atoms with Crippen LogP contribution in [0.25, 0.3) is 6.08 Å². The van der Waals surface area contributed by atoms with Gasteiger partial charge in [0.2, 0.25) is 5.91 Å². The summed E-state index contributed by atoms with van der Waals surface area (Å²) in [5.74, 6) is -0.277. The molecule has 4 rings (SSSR count). The molecule has 31 heavy (non-hydrogen) atoms. The summed E-state index contributed by atoms with van der Waals surface area (Å²) >= 11 is 0. The Labute approximate surface area is 183 Å². The first-order valence-corrected chi connectivity index (χ1v) is 11.0.